The molecule has 1 aromatic carbocycles. The molecule has 0 N–H and O–H groups in total. The van der Waals surface area contributed by atoms with Gasteiger partial charge in [0.15, 0.2) is 11.6 Å². The maximum atomic E-state index is 13.3. The highest BCUT2D eigenvalue weighted by Crippen LogP contribution is 2.24. The van der Waals surface area contributed by atoms with E-state index in [0.29, 0.717) is 30.1 Å². The molecular formula is C14H14FN3O2. The topological polar surface area (TPSA) is 71.9 Å². The van der Waals surface area contributed by atoms with Gasteiger partial charge < -0.3 is 9.26 Å². The zero-order valence-electron chi connectivity index (χ0n) is 11.3. The standard InChI is InChI=1S/C14H14FN3O2/c1-9(5-6-16)7-13-17-14(18-20-13)10-3-4-11(15)12(8-10)19-2/h3-4,8-9H,5,7H2,1-2H3. The van der Waals surface area contributed by atoms with E-state index in [0.717, 1.165) is 0 Å². The van der Waals surface area contributed by atoms with E-state index in [1.165, 1.54) is 19.2 Å². The van der Waals surface area contributed by atoms with Crippen molar-refractivity contribution < 1.29 is 13.7 Å². The molecule has 0 saturated heterocycles. The van der Waals surface area contributed by atoms with E-state index < -0.39 is 5.82 Å². The molecular weight excluding hydrogens is 261 g/mol. The van der Waals surface area contributed by atoms with Gasteiger partial charge in [-0.05, 0) is 24.1 Å². The van der Waals surface area contributed by atoms with Gasteiger partial charge in [0, 0.05) is 18.4 Å². The molecule has 20 heavy (non-hydrogen) atoms. The molecule has 0 aliphatic carbocycles. The maximum Gasteiger partial charge on any atom is 0.227 e. The average molecular weight is 275 g/mol. The summed E-state index contributed by atoms with van der Waals surface area (Å²) in [6, 6.07) is 6.47. The van der Waals surface area contributed by atoms with Crippen LogP contribution in [0.5, 0.6) is 5.75 Å². The lowest BCUT2D eigenvalue weighted by Gasteiger charge is -2.02. The average Bonchev–Trinajstić information content (AvgIpc) is 2.88. The Hall–Kier alpha value is -2.42. The Morgan fingerprint density at radius 1 is 1.50 bits per heavy atom. The van der Waals surface area contributed by atoms with Crippen LogP contribution in [-0.4, -0.2) is 17.3 Å². The number of hydrogen-bond acceptors (Lipinski definition) is 5. The number of aromatic nitrogens is 2. The van der Waals surface area contributed by atoms with Gasteiger partial charge in [0.05, 0.1) is 13.2 Å². The summed E-state index contributed by atoms with van der Waals surface area (Å²) in [6.45, 7) is 1.94. The molecule has 1 heterocycles. The second-order valence-corrected chi connectivity index (χ2v) is 4.53. The van der Waals surface area contributed by atoms with E-state index in [9.17, 15) is 4.39 Å². The largest absolute Gasteiger partial charge is 0.494 e. The molecule has 0 fully saturated rings. The lowest BCUT2D eigenvalue weighted by Crippen LogP contribution is -1.98. The van der Waals surface area contributed by atoms with Gasteiger partial charge in [-0.1, -0.05) is 12.1 Å². The van der Waals surface area contributed by atoms with Gasteiger partial charge in [-0.15, -0.1) is 0 Å². The molecule has 5 nitrogen and oxygen atoms in total. The Labute approximate surface area is 116 Å². The zero-order valence-corrected chi connectivity index (χ0v) is 11.3. The first-order chi connectivity index (χ1) is 9.63. The zero-order chi connectivity index (χ0) is 14.5. The monoisotopic (exact) mass is 275 g/mol. The minimum Gasteiger partial charge on any atom is -0.494 e. The Kier molecular flexibility index (Phi) is 4.31. The molecule has 1 unspecified atom stereocenters. The maximum absolute atomic E-state index is 13.3. The number of halogens is 1. The van der Waals surface area contributed by atoms with Crippen molar-refractivity contribution in [2.75, 3.05) is 7.11 Å². The minimum atomic E-state index is -0.442. The van der Waals surface area contributed by atoms with E-state index in [2.05, 4.69) is 16.2 Å². The summed E-state index contributed by atoms with van der Waals surface area (Å²) < 4.78 is 23.4. The number of nitrogens with zero attached hydrogens (tertiary/aromatic N) is 3. The van der Waals surface area contributed by atoms with Crippen molar-refractivity contribution >= 4 is 0 Å². The van der Waals surface area contributed by atoms with Crippen LogP contribution in [0.4, 0.5) is 4.39 Å². The lowest BCUT2D eigenvalue weighted by atomic mass is 10.1. The van der Waals surface area contributed by atoms with E-state index in [1.807, 2.05) is 6.92 Å². The normalized spacial score (nSPS) is 11.9. The van der Waals surface area contributed by atoms with Gasteiger partial charge >= 0.3 is 0 Å². The van der Waals surface area contributed by atoms with Crippen molar-refractivity contribution in [1.82, 2.24) is 10.1 Å². The van der Waals surface area contributed by atoms with Crippen molar-refractivity contribution in [1.29, 1.82) is 5.26 Å². The SMILES string of the molecule is COc1cc(-c2noc(CC(C)CC#N)n2)ccc1F. The molecule has 0 saturated carbocycles. The number of rotatable bonds is 5. The van der Waals surface area contributed by atoms with Gasteiger partial charge in [0.1, 0.15) is 0 Å². The molecule has 1 atom stereocenters. The fourth-order valence-electron chi connectivity index (χ4n) is 1.78. The minimum absolute atomic E-state index is 0.131. The molecule has 0 radical (unpaired) electrons. The molecule has 104 valence electrons. The third-order valence-corrected chi connectivity index (χ3v) is 2.84. The van der Waals surface area contributed by atoms with Crippen LogP contribution in [0.2, 0.25) is 0 Å². The van der Waals surface area contributed by atoms with Crippen molar-refractivity contribution in [3.63, 3.8) is 0 Å². The molecule has 0 bridgehead atoms. The number of methoxy groups -OCH3 is 1. The van der Waals surface area contributed by atoms with Crippen LogP contribution < -0.4 is 4.74 Å². The van der Waals surface area contributed by atoms with Crippen molar-refractivity contribution in [2.45, 2.75) is 19.8 Å². The van der Waals surface area contributed by atoms with Gasteiger partial charge in [0.2, 0.25) is 11.7 Å². The highest BCUT2D eigenvalue weighted by atomic mass is 19.1. The highest BCUT2D eigenvalue weighted by Gasteiger charge is 2.13. The third kappa shape index (κ3) is 3.12. The van der Waals surface area contributed by atoms with Gasteiger partial charge in [-0.25, -0.2) is 4.39 Å². The number of benzene rings is 1. The first-order valence-corrected chi connectivity index (χ1v) is 6.17. The van der Waals surface area contributed by atoms with Crippen LogP contribution in [0.1, 0.15) is 19.2 Å². The number of nitriles is 1. The van der Waals surface area contributed by atoms with Gasteiger partial charge in [0.25, 0.3) is 0 Å². The van der Waals surface area contributed by atoms with Crippen LogP contribution in [-0.2, 0) is 6.42 Å². The quantitative estimate of drug-likeness (QED) is 0.838. The molecule has 0 aliphatic heterocycles. The smallest absolute Gasteiger partial charge is 0.227 e. The predicted octanol–water partition coefficient (Wildman–Crippen LogP) is 2.98. The predicted molar refractivity (Wildman–Crippen MR) is 69.3 cm³/mol. The summed E-state index contributed by atoms with van der Waals surface area (Å²) in [6.07, 6.45) is 0.973. The van der Waals surface area contributed by atoms with Crippen LogP contribution in [0.25, 0.3) is 11.4 Å². The molecule has 0 aliphatic rings. The second-order valence-electron chi connectivity index (χ2n) is 4.53. The van der Waals surface area contributed by atoms with Gasteiger partial charge in [-0.2, -0.15) is 10.2 Å². The van der Waals surface area contributed by atoms with E-state index >= 15 is 0 Å². The van der Waals surface area contributed by atoms with E-state index in [-0.39, 0.29) is 11.7 Å². The summed E-state index contributed by atoms with van der Waals surface area (Å²) in [7, 11) is 1.40. The molecule has 2 rings (SSSR count). The molecule has 2 aromatic rings. The summed E-state index contributed by atoms with van der Waals surface area (Å²) in [5.74, 6) is 0.680. The Morgan fingerprint density at radius 3 is 3.00 bits per heavy atom. The molecule has 1 aromatic heterocycles. The van der Waals surface area contributed by atoms with E-state index in [4.69, 9.17) is 14.5 Å². The molecule has 6 heteroatoms. The molecule has 0 spiro atoms. The fourth-order valence-corrected chi connectivity index (χ4v) is 1.78. The van der Waals surface area contributed by atoms with Crippen molar-refractivity contribution in [2.24, 2.45) is 5.92 Å². The summed E-state index contributed by atoms with van der Waals surface area (Å²) in [4.78, 5) is 4.24. The number of hydrogen-bond donors (Lipinski definition) is 0. The van der Waals surface area contributed by atoms with E-state index in [1.54, 1.807) is 6.07 Å². The first kappa shape index (κ1) is 14.0. The summed E-state index contributed by atoms with van der Waals surface area (Å²) >= 11 is 0. The Bertz CT molecular complexity index is 634. The van der Waals surface area contributed by atoms with Crippen molar-refractivity contribution in [3.8, 4) is 23.2 Å². The molecule has 0 amide bonds. The van der Waals surface area contributed by atoms with Crippen molar-refractivity contribution in [3.05, 3.63) is 29.9 Å². The number of ether oxygens (including phenoxy) is 1. The second kappa shape index (κ2) is 6.15. The van der Waals surface area contributed by atoms with Crippen LogP contribution in [0, 0.1) is 23.1 Å². The Balaban J connectivity index is 2.18. The van der Waals surface area contributed by atoms with Crippen LogP contribution in [0.15, 0.2) is 22.7 Å². The highest BCUT2D eigenvalue weighted by molar-refractivity contribution is 5.57. The summed E-state index contributed by atoms with van der Waals surface area (Å²) in [5.41, 5.74) is 0.617. The Morgan fingerprint density at radius 2 is 2.30 bits per heavy atom. The van der Waals surface area contributed by atoms with Crippen LogP contribution in [0.3, 0.4) is 0 Å². The third-order valence-electron chi connectivity index (χ3n) is 2.84. The summed E-state index contributed by atoms with van der Waals surface area (Å²) in [5, 5.41) is 12.5. The first-order valence-electron chi connectivity index (χ1n) is 6.17. The fraction of sp³-hybridized carbons (Fsp3) is 0.357. The van der Waals surface area contributed by atoms with Crippen LogP contribution >= 0.6 is 0 Å². The van der Waals surface area contributed by atoms with Gasteiger partial charge in [-0.3, -0.25) is 0 Å². The lowest BCUT2D eigenvalue weighted by molar-refractivity contribution is 0.359.